The van der Waals surface area contributed by atoms with Crippen LogP contribution in [0.2, 0.25) is 0 Å². The summed E-state index contributed by atoms with van der Waals surface area (Å²) < 4.78 is 1.83. The predicted octanol–water partition coefficient (Wildman–Crippen LogP) is 2.92. The third-order valence-electron chi connectivity index (χ3n) is 4.73. The Labute approximate surface area is 140 Å². The second-order valence-corrected chi connectivity index (χ2v) is 6.77. The zero-order valence-corrected chi connectivity index (χ0v) is 13.7. The number of aromatic nitrogens is 4. The zero-order valence-electron chi connectivity index (χ0n) is 13.7. The highest BCUT2D eigenvalue weighted by Gasteiger charge is 2.28. The van der Waals surface area contributed by atoms with Crippen molar-refractivity contribution >= 4 is 16.9 Å². The maximum Gasteiger partial charge on any atom is 0.224 e. The molecule has 0 bridgehead atoms. The number of hydrogen-bond acceptors (Lipinski definition) is 5. The topological polar surface area (TPSA) is 75.9 Å². The van der Waals surface area contributed by atoms with Crippen LogP contribution in [-0.4, -0.2) is 36.5 Å². The van der Waals surface area contributed by atoms with Crippen LogP contribution in [0, 0.1) is 0 Å². The molecule has 0 amide bonds. The van der Waals surface area contributed by atoms with Crippen molar-refractivity contribution in [3.8, 4) is 5.82 Å². The normalized spacial score (nSPS) is 24.2. The molecule has 2 heterocycles. The Balaban J connectivity index is 1.56. The summed E-state index contributed by atoms with van der Waals surface area (Å²) in [6.07, 6.45) is 7.03. The summed E-state index contributed by atoms with van der Waals surface area (Å²) in [6.45, 7) is 1.91. The monoisotopic (exact) mass is 323 g/mol. The number of fused-ring (bicyclic) bond motifs is 1. The maximum absolute atomic E-state index is 10.1. The molecule has 2 aromatic heterocycles. The lowest BCUT2D eigenvalue weighted by molar-refractivity contribution is 0.0195. The molecule has 1 aliphatic carbocycles. The van der Waals surface area contributed by atoms with Crippen molar-refractivity contribution in [2.75, 3.05) is 5.32 Å². The van der Waals surface area contributed by atoms with E-state index in [1.165, 1.54) is 0 Å². The minimum Gasteiger partial charge on any atom is -0.390 e. The summed E-state index contributed by atoms with van der Waals surface area (Å²) in [5.74, 6) is 1.36. The largest absolute Gasteiger partial charge is 0.390 e. The highest BCUT2D eigenvalue weighted by molar-refractivity contribution is 5.79. The molecule has 0 atom stereocenters. The highest BCUT2D eigenvalue weighted by atomic mass is 16.3. The van der Waals surface area contributed by atoms with Crippen LogP contribution in [0.4, 0.5) is 5.95 Å². The number of rotatable bonds is 3. The molecule has 0 unspecified atom stereocenters. The fourth-order valence-electron chi connectivity index (χ4n) is 3.26. The van der Waals surface area contributed by atoms with Gasteiger partial charge in [-0.1, -0.05) is 18.2 Å². The van der Waals surface area contributed by atoms with Gasteiger partial charge in [0.05, 0.1) is 17.3 Å². The summed E-state index contributed by atoms with van der Waals surface area (Å²) in [7, 11) is 0. The number of nitrogens with zero attached hydrogens (tertiary/aromatic N) is 4. The van der Waals surface area contributed by atoms with Crippen molar-refractivity contribution in [3.05, 3.63) is 42.7 Å². The lowest BCUT2D eigenvalue weighted by Crippen LogP contribution is -2.36. The first kappa shape index (κ1) is 15.1. The third-order valence-corrected chi connectivity index (χ3v) is 4.73. The molecule has 4 rings (SSSR count). The summed E-state index contributed by atoms with van der Waals surface area (Å²) in [5, 5.41) is 19.0. The molecule has 1 aromatic carbocycles. The van der Waals surface area contributed by atoms with Crippen molar-refractivity contribution in [2.45, 2.75) is 44.2 Å². The van der Waals surface area contributed by atoms with E-state index in [9.17, 15) is 5.11 Å². The van der Waals surface area contributed by atoms with Gasteiger partial charge in [-0.25, -0.2) is 9.67 Å². The van der Waals surface area contributed by atoms with Crippen LogP contribution in [0.15, 0.2) is 42.7 Å². The average molecular weight is 323 g/mol. The first-order chi connectivity index (χ1) is 11.6. The minimum absolute atomic E-state index is 0.301. The molecule has 0 saturated heterocycles. The van der Waals surface area contributed by atoms with Gasteiger partial charge in [0, 0.05) is 23.7 Å². The highest BCUT2D eigenvalue weighted by Crippen LogP contribution is 2.29. The van der Waals surface area contributed by atoms with Crippen LogP contribution < -0.4 is 5.32 Å². The van der Waals surface area contributed by atoms with E-state index in [2.05, 4.69) is 20.4 Å². The Bertz CT molecular complexity index is 847. The van der Waals surface area contributed by atoms with Gasteiger partial charge in [-0.05, 0) is 38.7 Å². The SMILES string of the molecule is CC1(O)CCC(Nc2nccc(-n3ncc4ccccc43)n2)CC1. The van der Waals surface area contributed by atoms with E-state index in [1.807, 2.05) is 48.1 Å². The molecule has 6 nitrogen and oxygen atoms in total. The molecule has 0 spiro atoms. The number of anilines is 1. The minimum atomic E-state index is -0.533. The molecule has 0 aliphatic heterocycles. The number of aliphatic hydroxyl groups is 1. The van der Waals surface area contributed by atoms with Crippen molar-refractivity contribution in [3.63, 3.8) is 0 Å². The van der Waals surface area contributed by atoms with Crippen LogP contribution in [0.5, 0.6) is 0 Å². The van der Waals surface area contributed by atoms with Crippen LogP contribution >= 0.6 is 0 Å². The van der Waals surface area contributed by atoms with Crippen molar-refractivity contribution in [1.29, 1.82) is 0 Å². The second kappa shape index (κ2) is 5.87. The molecule has 3 aromatic rings. The third kappa shape index (κ3) is 2.97. The summed E-state index contributed by atoms with van der Waals surface area (Å²) in [5.41, 5.74) is 0.491. The fraction of sp³-hybridized carbons (Fsp3) is 0.389. The first-order valence-corrected chi connectivity index (χ1v) is 8.36. The molecule has 24 heavy (non-hydrogen) atoms. The Kier molecular flexibility index (Phi) is 3.69. The van der Waals surface area contributed by atoms with Gasteiger partial charge < -0.3 is 10.4 Å². The summed E-state index contributed by atoms with van der Waals surface area (Å²) in [6, 6.07) is 10.2. The maximum atomic E-state index is 10.1. The first-order valence-electron chi connectivity index (χ1n) is 8.36. The van der Waals surface area contributed by atoms with Crippen LogP contribution in [0.3, 0.4) is 0 Å². The number of benzene rings is 1. The van der Waals surface area contributed by atoms with Gasteiger partial charge in [-0.3, -0.25) is 0 Å². The van der Waals surface area contributed by atoms with E-state index >= 15 is 0 Å². The molecule has 1 aliphatic rings. The van der Waals surface area contributed by atoms with Gasteiger partial charge in [0.1, 0.15) is 0 Å². The quantitative estimate of drug-likeness (QED) is 0.775. The van der Waals surface area contributed by atoms with Gasteiger partial charge >= 0.3 is 0 Å². The molecular weight excluding hydrogens is 302 g/mol. The molecule has 124 valence electrons. The number of para-hydroxylation sites is 1. The van der Waals surface area contributed by atoms with E-state index in [1.54, 1.807) is 6.20 Å². The van der Waals surface area contributed by atoms with E-state index < -0.39 is 5.60 Å². The average Bonchev–Trinajstić information content (AvgIpc) is 3.01. The Morgan fingerprint density at radius 1 is 1.21 bits per heavy atom. The molecule has 1 fully saturated rings. The second-order valence-electron chi connectivity index (χ2n) is 6.77. The van der Waals surface area contributed by atoms with Crippen LogP contribution in [-0.2, 0) is 0 Å². The summed E-state index contributed by atoms with van der Waals surface area (Å²) >= 11 is 0. The van der Waals surface area contributed by atoms with Gasteiger partial charge in [0.2, 0.25) is 5.95 Å². The van der Waals surface area contributed by atoms with E-state index in [-0.39, 0.29) is 0 Å². The van der Waals surface area contributed by atoms with Gasteiger partial charge in [-0.2, -0.15) is 10.1 Å². The van der Waals surface area contributed by atoms with Crippen LogP contribution in [0.1, 0.15) is 32.6 Å². The van der Waals surface area contributed by atoms with Crippen molar-refractivity contribution in [1.82, 2.24) is 19.7 Å². The fourth-order valence-corrected chi connectivity index (χ4v) is 3.26. The predicted molar refractivity (Wildman–Crippen MR) is 93.2 cm³/mol. The Morgan fingerprint density at radius 3 is 2.83 bits per heavy atom. The van der Waals surface area contributed by atoms with Crippen LogP contribution in [0.25, 0.3) is 16.7 Å². The molecule has 0 radical (unpaired) electrons. The lowest BCUT2D eigenvalue weighted by atomic mass is 9.84. The van der Waals surface area contributed by atoms with Crippen molar-refractivity contribution in [2.24, 2.45) is 0 Å². The smallest absolute Gasteiger partial charge is 0.224 e. The van der Waals surface area contributed by atoms with Crippen molar-refractivity contribution < 1.29 is 5.11 Å². The van der Waals surface area contributed by atoms with E-state index in [0.717, 1.165) is 42.4 Å². The zero-order chi connectivity index (χ0) is 16.6. The van der Waals surface area contributed by atoms with Gasteiger partial charge in [-0.15, -0.1) is 0 Å². The lowest BCUT2D eigenvalue weighted by Gasteiger charge is -2.33. The van der Waals surface area contributed by atoms with Gasteiger partial charge in [0.25, 0.3) is 0 Å². The standard InChI is InChI=1S/C18H21N5O/c1-18(24)9-6-14(7-10-18)21-17-19-11-8-16(22-17)23-15-5-3-2-4-13(15)12-20-23/h2-5,8,11-12,14,24H,6-7,9-10H2,1H3,(H,19,21,22). The Hall–Kier alpha value is -2.47. The molecule has 6 heteroatoms. The number of hydrogen-bond donors (Lipinski definition) is 2. The molecule has 1 saturated carbocycles. The molecular formula is C18H21N5O. The summed E-state index contributed by atoms with van der Waals surface area (Å²) in [4.78, 5) is 8.95. The number of nitrogens with one attached hydrogen (secondary N) is 1. The van der Waals surface area contributed by atoms with E-state index in [4.69, 9.17) is 0 Å². The van der Waals surface area contributed by atoms with E-state index in [0.29, 0.717) is 12.0 Å². The van der Waals surface area contributed by atoms with Gasteiger partial charge in [0.15, 0.2) is 5.82 Å². The molecule has 2 N–H and O–H groups in total. The Morgan fingerprint density at radius 2 is 2.00 bits per heavy atom.